The zero-order valence-electron chi connectivity index (χ0n) is 6.67. The molecule has 0 rings (SSSR count). The molecule has 0 heterocycles. The quantitative estimate of drug-likeness (QED) is 0.289. The van der Waals surface area contributed by atoms with Crippen LogP contribution in [-0.4, -0.2) is 31.6 Å². The summed E-state index contributed by atoms with van der Waals surface area (Å²) in [5, 5.41) is 0. The molecule has 0 amide bonds. The molecule has 0 saturated carbocycles. The average Bonchev–Trinajstić information content (AvgIpc) is 1.81. The zero-order valence-corrected chi connectivity index (χ0v) is 10.6. The Labute approximate surface area is 89.5 Å². The first kappa shape index (κ1) is 14.0. The van der Waals surface area contributed by atoms with Crippen LogP contribution in [0.1, 0.15) is 6.42 Å². The third-order valence-corrected chi connectivity index (χ3v) is 5.19. The first-order chi connectivity index (χ1) is 5.77. The third-order valence-electron chi connectivity index (χ3n) is 0.934. The maximum atomic E-state index is 10.9. The van der Waals surface area contributed by atoms with Gasteiger partial charge < -0.3 is 19.2 Å². The molecule has 0 fully saturated rings. The second kappa shape index (κ2) is 5.80. The predicted molar refractivity (Wildman–Crippen MR) is 56.2 cm³/mol. The minimum atomic E-state index is -4.48. The summed E-state index contributed by atoms with van der Waals surface area (Å²) in [6.45, 7) is 0.0384. The Hall–Kier alpha value is 1.03. The normalized spacial score (nSPS) is 16.9. The van der Waals surface area contributed by atoms with E-state index in [1.165, 1.54) is 0 Å². The molecular formula is C4H11IO6P2. The smallest absolute Gasteiger partial charge is 0.324 e. The van der Waals surface area contributed by atoms with Crippen molar-refractivity contribution in [2.45, 2.75) is 6.42 Å². The topological polar surface area (TPSA) is 104 Å². The summed E-state index contributed by atoms with van der Waals surface area (Å²) < 4.78 is 26.5. The molecular weight excluding hydrogens is 333 g/mol. The molecule has 13 heavy (non-hydrogen) atoms. The lowest BCUT2D eigenvalue weighted by molar-refractivity contribution is 0.262. The van der Waals surface area contributed by atoms with Gasteiger partial charge in [-0.1, -0.05) is 22.6 Å². The van der Waals surface area contributed by atoms with Crippen LogP contribution in [-0.2, 0) is 13.7 Å². The molecule has 0 radical (unpaired) electrons. The van der Waals surface area contributed by atoms with Crippen molar-refractivity contribution < 1.29 is 28.3 Å². The minimum absolute atomic E-state index is 0.0384. The molecule has 6 nitrogen and oxygen atoms in total. The van der Waals surface area contributed by atoms with Gasteiger partial charge in [0.25, 0.3) is 0 Å². The summed E-state index contributed by atoms with van der Waals surface area (Å²) in [5.74, 6) is -1.11. The first-order valence-electron chi connectivity index (χ1n) is 3.34. The molecule has 0 aliphatic heterocycles. The van der Waals surface area contributed by atoms with Crippen molar-refractivity contribution in [3.63, 3.8) is 0 Å². The van der Waals surface area contributed by atoms with Crippen LogP contribution >= 0.6 is 37.8 Å². The molecule has 0 aliphatic carbocycles. The van der Waals surface area contributed by atoms with E-state index in [-0.39, 0.29) is 6.61 Å². The van der Waals surface area contributed by atoms with Crippen LogP contribution in [0.4, 0.5) is 0 Å². The van der Waals surface area contributed by atoms with Crippen molar-refractivity contribution in [2.75, 3.05) is 16.9 Å². The van der Waals surface area contributed by atoms with Gasteiger partial charge in [-0.2, -0.15) is 0 Å². The molecule has 3 N–H and O–H groups in total. The Bertz CT molecular complexity index is 237. The van der Waals surface area contributed by atoms with Crippen LogP contribution in [0, 0.1) is 0 Å². The fraction of sp³-hybridized carbons (Fsp3) is 1.00. The molecule has 0 saturated heterocycles. The van der Waals surface area contributed by atoms with E-state index in [4.69, 9.17) is 14.7 Å². The lowest BCUT2D eigenvalue weighted by atomic mass is 10.5. The van der Waals surface area contributed by atoms with E-state index in [1.807, 2.05) is 0 Å². The number of alkyl halides is 1. The van der Waals surface area contributed by atoms with Gasteiger partial charge in [-0.05, 0) is 6.42 Å². The summed E-state index contributed by atoms with van der Waals surface area (Å²) in [7, 11) is -8.59. The van der Waals surface area contributed by atoms with Crippen molar-refractivity contribution in [3.05, 3.63) is 0 Å². The van der Waals surface area contributed by atoms with Gasteiger partial charge >= 0.3 is 15.2 Å². The summed E-state index contributed by atoms with van der Waals surface area (Å²) in [6.07, 6.45) is 0.576. The van der Waals surface area contributed by atoms with Crippen molar-refractivity contribution in [2.24, 2.45) is 0 Å². The highest BCUT2D eigenvalue weighted by Gasteiger charge is 2.30. The van der Waals surface area contributed by atoms with Gasteiger partial charge in [0, 0.05) is 4.43 Å². The van der Waals surface area contributed by atoms with E-state index >= 15 is 0 Å². The van der Waals surface area contributed by atoms with E-state index < -0.39 is 21.1 Å². The maximum Gasteiger partial charge on any atom is 0.340 e. The molecule has 0 aromatic carbocycles. The molecule has 9 heteroatoms. The van der Waals surface area contributed by atoms with Gasteiger partial charge in [0.15, 0.2) is 5.90 Å². The Balaban J connectivity index is 3.95. The van der Waals surface area contributed by atoms with Crippen LogP contribution < -0.4 is 0 Å². The van der Waals surface area contributed by atoms with E-state index in [0.717, 1.165) is 4.43 Å². The Morgan fingerprint density at radius 2 is 1.77 bits per heavy atom. The molecule has 1 unspecified atom stereocenters. The van der Waals surface area contributed by atoms with Gasteiger partial charge in [-0.3, -0.25) is 9.13 Å². The van der Waals surface area contributed by atoms with Gasteiger partial charge in [0.05, 0.1) is 6.61 Å². The minimum Gasteiger partial charge on any atom is -0.324 e. The Kier molecular flexibility index (Phi) is 6.26. The lowest BCUT2D eigenvalue weighted by Crippen LogP contribution is -1.98. The third kappa shape index (κ3) is 9.34. The highest BCUT2D eigenvalue weighted by molar-refractivity contribution is 14.1. The Morgan fingerprint density at radius 3 is 2.15 bits per heavy atom. The van der Waals surface area contributed by atoms with Gasteiger partial charge in [-0.25, -0.2) is 0 Å². The first-order valence-corrected chi connectivity index (χ1v) is 8.42. The highest BCUT2D eigenvalue weighted by atomic mass is 127. The summed E-state index contributed by atoms with van der Waals surface area (Å²) >= 11 is 2.06. The molecule has 0 spiro atoms. The summed E-state index contributed by atoms with van der Waals surface area (Å²) in [4.78, 5) is 25.7. The van der Waals surface area contributed by atoms with Gasteiger partial charge in [0.1, 0.15) is 0 Å². The predicted octanol–water partition coefficient (Wildman–Crippen LogP) is 1.15. The van der Waals surface area contributed by atoms with Crippen LogP contribution in [0.15, 0.2) is 0 Å². The fourth-order valence-corrected chi connectivity index (χ4v) is 3.45. The number of hydrogen-bond acceptors (Lipinski definition) is 3. The van der Waals surface area contributed by atoms with Crippen molar-refractivity contribution in [3.8, 4) is 0 Å². The van der Waals surface area contributed by atoms with Crippen LogP contribution in [0.25, 0.3) is 0 Å². The van der Waals surface area contributed by atoms with E-state index in [1.54, 1.807) is 0 Å². The summed E-state index contributed by atoms with van der Waals surface area (Å²) in [6, 6.07) is 0. The number of halogens is 1. The Morgan fingerprint density at radius 1 is 1.23 bits per heavy atom. The monoisotopic (exact) mass is 344 g/mol. The van der Waals surface area contributed by atoms with Crippen LogP contribution in [0.5, 0.6) is 0 Å². The molecule has 80 valence electrons. The molecule has 0 aliphatic rings. The largest absolute Gasteiger partial charge is 0.340 e. The lowest BCUT2D eigenvalue weighted by Gasteiger charge is -2.11. The van der Waals surface area contributed by atoms with Crippen LogP contribution in [0.2, 0.25) is 0 Å². The standard InChI is InChI=1S/C4H11IO6P2/c5-2-1-3-11-13(9,10)4-12(6,7)8/h1-4H2,(H,9,10)(H2,6,7,8). The van der Waals surface area contributed by atoms with E-state index in [9.17, 15) is 9.13 Å². The van der Waals surface area contributed by atoms with Gasteiger partial charge in [0.2, 0.25) is 0 Å². The van der Waals surface area contributed by atoms with Crippen LogP contribution in [0.3, 0.4) is 0 Å². The van der Waals surface area contributed by atoms with E-state index in [2.05, 4.69) is 27.1 Å². The van der Waals surface area contributed by atoms with E-state index in [0.29, 0.717) is 6.42 Å². The number of rotatable bonds is 6. The van der Waals surface area contributed by atoms with Crippen molar-refractivity contribution >= 4 is 37.8 Å². The molecule has 0 aromatic heterocycles. The highest BCUT2D eigenvalue weighted by Crippen LogP contribution is 2.55. The SMILES string of the molecule is O=P(O)(O)CP(=O)(O)OCCCI. The second-order valence-corrected chi connectivity index (χ2v) is 7.39. The maximum absolute atomic E-state index is 10.9. The van der Waals surface area contributed by atoms with Crippen molar-refractivity contribution in [1.29, 1.82) is 0 Å². The average molecular weight is 344 g/mol. The fourth-order valence-electron chi connectivity index (χ4n) is 0.535. The van der Waals surface area contributed by atoms with Crippen molar-refractivity contribution in [1.82, 2.24) is 0 Å². The summed E-state index contributed by atoms with van der Waals surface area (Å²) in [5.41, 5.74) is 0. The molecule has 1 atom stereocenters. The second-order valence-electron chi connectivity index (χ2n) is 2.32. The molecule has 0 aromatic rings. The number of hydrogen-bond donors (Lipinski definition) is 3. The zero-order chi connectivity index (χ0) is 10.5. The van der Waals surface area contributed by atoms with Gasteiger partial charge in [-0.15, -0.1) is 0 Å². The molecule has 0 bridgehead atoms.